The Hall–Kier alpha value is -1.78. The fourth-order valence-electron chi connectivity index (χ4n) is 2.36. The van der Waals surface area contributed by atoms with Gasteiger partial charge >= 0.3 is 11.9 Å². The number of alkyl halides is 1. The van der Waals surface area contributed by atoms with Gasteiger partial charge in [0, 0.05) is 0 Å². The summed E-state index contributed by atoms with van der Waals surface area (Å²) in [5.74, 6) is 0.0563. The Morgan fingerprint density at radius 3 is 2.83 bits per heavy atom. The first-order chi connectivity index (χ1) is 8.59. The molecule has 1 atom stereocenters. The van der Waals surface area contributed by atoms with Crippen LogP contribution in [0.15, 0.2) is 23.8 Å². The third-order valence-electron chi connectivity index (χ3n) is 3.57. The number of carbonyl (C=O) groups is 2. The number of nitrogens with zero attached hydrogens (tertiary/aromatic N) is 2. The summed E-state index contributed by atoms with van der Waals surface area (Å²) >= 11 is 0. The van der Waals surface area contributed by atoms with Crippen molar-refractivity contribution < 1.29 is 18.6 Å². The molecule has 1 saturated carbocycles. The van der Waals surface area contributed by atoms with Gasteiger partial charge < -0.3 is 0 Å². The molecule has 3 amide bonds. The molecular weight excluding hydrogens is 235 g/mol. The van der Waals surface area contributed by atoms with Crippen LogP contribution in [0.25, 0.3) is 0 Å². The molecule has 1 heterocycles. The molecule has 0 aromatic carbocycles. The number of amides is 3. The first-order valence-corrected chi connectivity index (χ1v) is 6.09. The Morgan fingerprint density at radius 1 is 1.44 bits per heavy atom. The number of fused-ring (bicyclic) bond motifs is 1. The molecule has 18 heavy (non-hydrogen) atoms. The average molecular weight is 249 g/mol. The summed E-state index contributed by atoms with van der Waals surface area (Å²) in [5.41, 5.74) is 0.465. The SMILES string of the molecule is C[N+]1=C2C(=CC=CC2F)C(=O)N(CC2CC2)C1=O. The lowest BCUT2D eigenvalue weighted by Gasteiger charge is -2.24. The van der Waals surface area contributed by atoms with Gasteiger partial charge in [0.25, 0.3) is 0 Å². The summed E-state index contributed by atoms with van der Waals surface area (Å²) in [6, 6.07) is -0.419. The Labute approximate surface area is 104 Å². The van der Waals surface area contributed by atoms with Gasteiger partial charge in [-0.1, -0.05) is 6.08 Å². The molecule has 3 aliphatic rings. The molecule has 0 radical (unpaired) electrons. The lowest BCUT2D eigenvalue weighted by Crippen LogP contribution is -2.53. The van der Waals surface area contributed by atoms with E-state index in [0.717, 1.165) is 12.8 Å². The Bertz CT molecular complexity index is 529. The van der Waals surface area contributed by atoms with Crippen LogP contribution in [-0.4, -0.2) is 46.9 Å². The van der Waals surface area contributed by atoms with Crippen molar-refractivity contribution in [2.45, 2.75) is 19.0 Å². The van der Waals surface area contributed by atoms with E-state index in [2.05, 4.69) is 0 Å². The molecule has 0 saturated heterocycles. The number of imide groups is 1. The number of allylic oxidation sites excluding steroid dienone is 3. The topological polar surface area (TPSA) is 40.4 Å². The highest BCUT2D eigenvalue weighted by molar-refractivity contribution is 6.27. The minimum absolute atomic E-state index is 0.166. The first kappa shape index (κ1) is 11.3. The molecule has 2 aliphatic carbocycles. The second-order valence-corrected chi connectivity index (χ2v) is 4.95. The molecular formula is C13H14FN2O2+. The van der Waals surface area contributed by atoms with Gasteiger partial charge in [-0.2, -0.15) is 14.3 Å². The molecule has 1 fully saturated rings. The van der Waals surface area contributed by atoms with Gasteiger partial charge in [0.05, 0.1) is 7.05 Å². The standard InChI is InChI=1S/C13H14FN2O2/c1-15-11-9(3-2-4-10(11)14)12(17)16(13(15)18)7-8-5-6-8/h2-4,8,10H,5-7H2,1H3/q+1. The molecule has 0 spiro atoms. The Balaban J connectivity index is 2.02. The van der Waals surface area contributed by atoms with Crippen LogP contribution in [0, 0.1) is 5.92 Å². The van der Waals surface area contributed by atoms with E-state index < -0.39 is 12.2 Å². The molecule has 5 heteroatoms. The van der Waals surface area contributed by atoms with E-state index in [-0.39, 0.29) is 11.6 Å². The van der Waals surface area contributed by atoms with E-state index in [1.165, 1.54) is 28.7 Å². The van der Waals surface area contributed by atoms with Crippen LogP contribution in [0.3, 0.4) is 0 Å². The molecule has 0 bridgehead atoms. The normalized spacial score (nSPS) is 27.6. The number of hydrogen-bond acceptors (Lipinski definition) is 2. The highest BCUT2D eigenvalue weighted by atomic mass is 19.1. The zero-order valence-corrected chi connectivity index (χ0v) is 10.1. The second-order valence-electron chi connectivity index (χ2n) is 4.95. The summed E-state index contributed by atoms with van der Waals surface area (Å²) in [7, 11) is 1.52. The smallest absolute Gasteiger partial charge is 0.240 e. The van der Waals surface area contributed by atoms with Gasteiger partial charge in [-0.25, -0.2) is 9.18 Å². The van der Waals surface area contributed by atoms with E-state index in [4.69, 9.17) is 0 Å². The van der Waals surface area contributed by atoms with E-state index in [1.807, 2.05) is 0 Å². The van der Waals surface area contributed by atoms with Gasteiger partial charge in [-0.15, -0.1) is 0 Å². The molecule has 0 aromatic rings. The summed E-state index contributed by atoms with van der Waals surface area (Å²) in [6.07, 6.45) is 5.18. The molecule has 0 N–H and O–H groups in total. The van der Waals surface area contributed by atoms with Crippen LogP contribution >= 0.6 is 0 Å². The Kier molecular flexibility index (Phi) is 2.43. The van der Waals surface area contributed by atoms with E-state index in [9.17, 15) is 14.0 Å². The number of hydrogen-bond donors (Lipinski definition) is 0. The van der Waals surface area contributed by atoms with Gasteiger partial charge in [-0.3, -0.25) is 0 Å². The van der Waals surface area contributed by atoms with Crippen molar-refractivity contribution in [3.8, 4) is 0 Å². The van der Waals surface area contributed by atoms with Crippen LogP contribution in [0.1, 0.15) is 12.8 Å². The van der Waals surface area contributed by atoms with Gasteiger partial charge in [0.15, 0.2) is 11.9 Å². The zero-order chi connectivity index (χ0) is 12.9. The predicted molar refractivity (Wildman–Crippen MR) is 63.1 cm³/mol. The minimum atomic E-state index is -1.38. The van der Waals surface area contributed by atoms with Crippen molar-refractivity contribution in [1.29, 1.82) is 0 Å². The molecule has 0 aromatic heterocycles. The predicted octanol–water partition coefficient (Wildman–Crippen LogP) is 1.28. The minimum Gasteiger partial charge on any atom is -0.240 e. The number of rotatable bonds is 2. The van der Waals surface area contributed by atoms with Crippen LogP contribution in [0.5, 0.6) is 0 Å². The lowest BCUT2D eigenvalue weighted by molar-refractivity contribution is -0.405. The van der Waals surface area contributed by atoms with Crippen molar-refractivity contribution in [3.05, 3.63) is 23.8 Å². The molecule has 3 rings (SSSR count). The lowest BCUT2D eigenvalue weighted by atomic mass is 9.97. The van der Waals surface area contributed by atoms with Crippen molar-refractivity contribution >= 4 is 17.6 Å². The van der Waals surface area contributed by atoms with E-state index in [0.29, 0.717) is 18.0 Å². The number of urea groups is 1. The maximum Gasteiger partial charge on any atom is 0.501 e. The van der Waals surface area contributed by atoms with Crippen molar-refractivity contribution in [2.24, 2.45) is 5.92 Å². The largest absolute Gasteiger partial charge is 0.501 e. The van der Waals surface area contributed by atoms with Crippen LogP contribution in [0.4, 0.5) is 9.18 Å². The second kappa shape index (κ2) is 3.86. The molecule has 4 nitrogen and oxygen atoms in total. The monoisotopic (exact) mass is 249 g/mol. The fourth-order valence-corrected chi connectivity index (χ4v) is 2.36. The summed E-state index contributed by atoms with van der Waals surface area (Å²) < 4.78 is 15.0. The summed E-state index contributed by atoms with van der Waals surface area (Å²) in [6.45, 7) is 0.452. The summed E-state index contributed by atoms with van der Waals surface area (Å²) in [5, 5.41) is 0. The fraction of sp³-hybridized carbons (Fsp3) is 0.462. The van der Waals surface area contributed by atoms with Crippen LogP contribution < -0.4 is 0 Å². The first-order valence-electron chi connectivity index (χ1n) is 6.09. The third-order valence-corrected chi connectivity index (χ3v) is 3.57. The quantitative estimate of drug-likeness (QED) is 0.692. The average Bonchev–Trinajstić information content (AvgIpc) is 3.15. The van der Waals surface area contributed by atoms with Crippen molar-refractivity contribution in [2.75, 3.05) is 13.6 Å². The third kappa shape index (κ3) is 1.62. The van der Waals surface area contributed by atoms with Crippen molar-refractivity contribution in [1.82, 2.24) is 4.90 Å². The van der Waals surface area contributed by atoms with Gasteiger partial charge in [0.1, 0.15) is 12.1 Å². The van der Waals surface area contributed by atoms with E-state index in [1.54, 1.807) is 6.08 Å². The summed E-state index contributed by atoms with van der Waals surface area (Å²) in [4.78, 5) is 25.5. The number of carbonyl (C=O) groups excluding carboxylic acids is 2. The molecule has 1 aliphatic heterocycles. The van der Waals surface area contributed by atoms with Crippen molar-refractivity contribution in [3.63, 3.8) is 0 Å². The van der Waals surface area contributed by atoms with E-state index >= 15 is 0 Å². The van der Waals surface area contributed by atoms with Crippen LogP contribution in [-0.2, 0) is 4.79 Å². The zero-order valence-electron chi connectivity index (χ0n) is 10.1. The van der Waals surface area contributed by atoms with Crippen LogP contribution in [0.2, 0.25) is 0 Å². The van der Waals surface area contributed by atoms with Gasteiger partial charge in [0.2, 0.25) is 0 Å². The highest BCUT2D eigenvalue weighted by Crippen LogP contribution is 2.31. The number of halogens is 1. The molecule has 1 unspecified atom stereocenters. The molecule has 94 valence electrons. The maximum absolute atomic E-state index is 13.8. The highest BCUT2D eigenvalue weighted by Gasteiger charge is 2.47. The van der Waals surface area contributed by atoms with Gasteiger partial charge in [-0.05, 0) is 30.9 Å². The maximum atomic E-state index is 13.8. The Morgan fingerprint density at radius 2 is 2.17 bits per heavy atom.